The molecule has 0 aliphatic carbocycles. The highest BCUT2D eigenvalue weighted by atomic mass is 16.5. The highest BCUT2D eigenvalue weighted by molar-refractivity contribution is 5.81. The van der Waals surface area contributed by atoms with E-state index in [4.69, 9.17) is 9.47 Å². The number of benzene rings is 1. The van der Waals surface area contributed by atoms with Crippen LogP contribution in [0, 0.1) is 6.92 Å². The summed E-state index contributed by atoms with van der Waals surface area (Å²) in [6.45, 7) is 2.69. The number of hydrogen-bond acceptors (Lipinski definition) is 3. The van der Waals surface area contributed by atoms with E-state index in [1.165, 1.54) is 0 Å². The van der Waals surface area contributed by atoms with E-state index in [1.54, 1.807) is 14.2 Å². The lowest BCUT2D eigenvalue weighted by atomic mass is 10.2. The number of fused-ring (bicyclic) bond motifs is 1. The van der Waals surface area contributed by atoms with Crippen LogP contribution in [0.3, 0.4) is 0 Å². The summed E-state index contributed by atoms with van der Waals surface area (Å²) in [5, 5.41) is 1.16. The van der Waals surface area contributed by atoms with Crippen molar-refractivity contribution in [3.8, 4) is 11.5 Å². The Balaban J connectivity index is 1.96. The molecule has 0 unspecified atom stereocenters. The van der Waals surface area contributed by atoms with Gasteiger partial charge in [-0.3, -0.25) is 4.98 Å². The molecule has 0 N–H and O–H groups in total. The van der Waals surface area contributed by atoms with E-state index in [0.29, 0.717) is 6.54 Å². The van der Waals surface area contributed by atoms with Crippen molar-refractivity contribution in [1.29, 1.82) is 0 Å². The molecule has 2 heterocycles. The van der Waals surface area contributed by atoms with E-state index in [0.717, 1.165) is 33.8 Å². The first kappa shape index (κ1) is 13.5. The van der Waals surface area contributed by atoms with Gasteiger partial charge in [-0.15, -0.1) is 0 Å². The monoisotopic (exact) mass is 282 g/mol. The van der Waals surface area contributed by atoms with Crippen molar-refractivity contribution in [3.63, 3.8) is 0 Å². The molecule has 0 amide bonds. The molecule has 4 nitrogen and oxygen atoms in total. The van der Waals surface area contributed by atoms with Gasteiger partial charge in [-0.1, -0.05) is 0 Å². The highest BCUT2D eigenvalue weighted by Gasteiger charge is 2.06. The molecule has 0 fully saturated rings. The van der Waals surface area contributed by atoms with Gasteiger partial charge >= 0.3 is 0 Å². The fourth-order valence-electron chi connectivity index (χ4n) is 2.52. The second-order valence-electron chi connectivity index (χ2n) is 5.01. The minimum absolute atomic E-state index is 0.716. The van der Waals surface area contributed by atoms with E-state index in [1.807, 2.05) is 31.2 Å². The van der Waals surface area contributed by atoms with Gasteiger partial charge in [0.15, 0.2) is 0 Å². The second kappa shape index (κ2) is 5.48. The Bertz CT molecular complexity index is 778. The van der Waals surface area contributed by atoms with Gasteiger partial charge in [-0.05, 0) is 31.2 Å². The first-order chi connectivity index (χ1) is 10.2. The van der Waals surface area contributed by atoms with E-state index >= 15 is 0 Å². The first-order valence-corrected chi connectivity index (χ1v) is 6.84. The third-order valence-corrected chi connectivity index (χ3v) is 3.53. The fraction of sp³-hybridized carbons (Fsp3) is 0.235. The molecular weight excluding hydrogens is 264 g/mol. The topological polar surface area (TPSA) is 36.3 Å². The molecule has 0 aliphatic heterocycles. The van der Waals surface area contributed by atoms with Crippen LogP contribution < -0.4 is 9.47 Å². The summed E-state index contributed by atoms with van der Waals surface area (Å²) in [6, 6.07) is 12.1. The zero-order chi connectivity index (χ0) is 14.8. The Morgan fingerprint density at radius 2 is 1.81 bits per heavy atom. The minimum Gasteiger partial charge on any atom is -0.497 e. The number of ether oxygens (including phenoxy) is 2. The zero-order valence-electron chi connectivity index (χ0n) is 12.5. The maximum Gasteiger partial charge on any atom is 0.122 e. The van der Waals surface area contributed by atoms with Crippen molar-refractivity contribution < 1.29 is 9.47 Å². The number of rotatable bonds is 4. The smallest absolute Gasteiger partial charge is 0.122 e. The van der Waals surface area contributed by atoms with Crippen molar-refractivity contribution >= 4 is 10.9 Å². The van der Waals surface area contributed by atoms with Gasteiger partial charge in [0, 0.05) is 34.9 Å². The van der Waals surface area contributed by atoms with Gasteiger partial charge in [0.1, 0.15) is 11.5 Å². The van der Waals surface area contributed by atoms with Crippen LogP contribution in [0.5, 0.6) is 11.5 Å². The van der Waals surface area contributed by atoms with Crippen LogP contribution in [0.15, 0.2) is 42.6 Å². The lowest BCUT2D eigenvalue weighted by molar-refractivity contribution is 0.413. The summed E-state index contributed by atoms with van der Waals surface area (Å²) in [4.78, 5) is 4.57. The molecule has 0 aliphatic rings. The van der Waals surface area contributed by atoms with Crippen molar-refractivity contribution in [2.24, 2.45) is 0 Å². The van der Waals surface area contributed by atoms with Crippen molar-refractivity contribution in [3.05, 3.63) is 54.0 Å². The second-order valence-corrected chi connectivity index (χ2v) is 5.01. The number of methoxy groups -OCH3 is 2. The van der Waals surface area contributed by atoms with E-state index in [9.17, 15) is 0 Å². The lowest BCUT2D eigenvalue weighted by Gasteiger charge is -2.08. The largest absolute Gasteiger partial charge is 0.497 e. The van der Waals surface area contributed by atoms with Gasteiger partial charge < -0.3 is 14.0 Å². The average molecular weight is 282 g/mol. The molecule has 0 bridgehead atoms. The molecule has 3 rings (SSSR count). The van der Waals surface area contributed by atoms with Gasteiger partial charge in [0.25, 0.3) is 0 Å². The van der Waals surface area contributed by atoms with Crippen molar-refractivity contribution in [2.75, 3.05) is 14.2 Å². The lowest BCUT2D eigenvalue weighted by Crippen LogP contribution is -2.02. The van der Waals surface area contributed by atoms with Crippen LogP contribution in [0.4, 0.5) is 0 Å². The number of aryl methyl sites for hydroxylation is 1. The maximum absolute atomic E-state index is 5.31. The van der Waals surface area contributed by atoms with E-state index < -0.39 is 0 Å². The Hall–Kier alpha value is -2.49. The fourth-order valence-corrected chi connectivity index (χ4v) is 2.52. The quantitative estimate of drug-likeness (QED) is 0.735. The summed E-state index contributed by atoms with van der Waals surface area (Å²) in [5.74, 6) is 1.71. The molecule has 0 radical (unpaired) electrons. The normalized spacial score (nSPS) is 10.8. The SMILES string of the molecule is COc1cc(C)nc(Cn2ccc3cc(OC)ccc32)c1. The predicted octanol–water partition coefficient (Wildman–Crippen LogP) is 3.41. The van der Waals surface area contributed by atoms with Gasteiger partial charge in [0.05, 0.1) is 26.5 Å². The molecule has 0 saturated heterocycles. The third-order valence-electron chi connectivity index (χ3n) is 3.53. The first-order valence-electron chi connectivity index (χ1n) is 6.84. The molecule has 4 heteroatoms. The van der Waals surface area contributed by atoms with Gasteiger partial charge in [-0.25, -0.2) is 0 Å². The molecule has 3 aromatic rings. The third kappa shape index (κ3) is 2.70. The number of pyridine rings is 1. The molecule has 21 heavy (non-hydrogen) atoms. The zero-order valence-corrected chi connectivity index (χ0v) is 12.5. The van der Waals surface area contributed by atoms with Crippen LogP contribution in [0.2, 0.25) is 0 Å². The standard InChI is InChI=1S/C17H18N2O2/c1-12-8-16(21-3)10-14(18-12)11-19-7-6-13-9-15(20-2)4-5-17(13)19/h4-10H,11H2,1-3H3. The number of aromatic nitrogens is 2. The summed E-state index contributed by atoms with van der Waals surface area (Å²) in [7, 11) is 3.36. The summed E-state index contributed by atoms with van der Waals surface area (Å²) in [5.41, 5.74) is 3.11. The Labute approximate surface area is 123 Å². The van der Waals surface area contributed by atoms with Crippen molar-refractivity contribution in [1.82, 2.24) is 9.55 Å². The average Bonchev–Trinajstić information content (AvgIpc) is 2.88. The van der Waals surface area contributed by atoms with Gasteiger partial charge in [0.2, 0.25) is 0 Å². The Morgan fingerprint density at radius 3 is 2.57 bits per heavy atom. The van der Waals surface area contributed by atoms with Crippen LogP contribution >= 0.6 is 0 Å². The predicted molar refractivity (Wildman–Crippen MR) is 83.1 cm³/mol. The highest BCUT2D eigenvalue weighted by Crippen LogP contribution is 2.23. The maximum atomic E-state index is 5.31. The molecule has 0 atom stereocenters. The van der Waals surface area contributed by atoms with E-state index in [2.05, 4.69) is 27.9 Å². The molecule has 1 aromatic carbocycles. The minimum atomic E-state index is 0.716. The molecular formula is C17H18N2O2. The molecule has 108 valence electrons. The van der Waals surface area contributed by atoms with Gasteiger partial charge in [-0.2, -0.15) is 0 Å². The van der Waals surface area contributed by atoms with Crippen LogP contribution in [0.1, 0.15) is 11.4 Å². The number of nitrogens with zero attached hydrogens (tertiary/aromatic N) is 2. The number of hydrogen-bond donors (Lipinski definition) is 0. The van der Waals surface area contributed by atoms with E-state index in [-0.39, 0.29) is 0 Å². The summed E-state index contributed by atoms with van der Waals surface area (Å²) < 4.78 is 12.7. The van der Waals surface area contributed by atoms with Crippen LogP contribution in [0.25, 0.3) is 10.9 Å². The van der Waals surface area contributed by atoms with Crippen LogP contribution in [-0.2, 0) is 6.54 Å². The molecule has 2 aromatic heterocycles. The Kier molecular flexibility index (Phi) is 3.52. The molecule has 0 spiro atoms. The summed E-state index contributed by atoms with van der Waals surface area (Å²) >= 11 is 0. The molecule has 0 saturated carbocycles. The van der Waals surface area contributed by atoms with Crippen LogP contribution in [-0.4, -0.2) is 23.8 Å². The van der Waals surface area contributed by atoms with Crippen molar-refractivity contribution in [2.45, 2.75) is 13.5 Å². The Morgan fingerprint density at radius 1 is 1.00 bits per heavy atom. The summed E-state index contributed by atoms with van der Waals surface area (Å²) in [6.07, 6.45) is 2.07.